The van der Waals surface area contributed by atoms with Gasteiger partial charge in [0.25, 0.3) is 5.91 Å². The van der Waals surface area contributed by atoms with Gasteiger partial charge in [-0.2, -0.15) is 0 Å². The van der Waals surface area contributed by atoms with Crippen molar-refractivity contribution in [2.24, 2.45) is 0 Å². The van der Waals surface area contributed by atoms with E-state index in [4.69, 9.17) is 4.74 Å². The van der Waals surface area contributed by atoms with Crippen molar-refractivity contribution in [2.45, 2.75) is 17.1 Å². The molecule has 4 nitrogen and oxygen atoms in total. The van der Waals surface area contributed by atoms with Crippen molar-refractivity contribution in [3.05, 3.63) is 30.3 Å². The molecule has 1 aromatic carbocycles. The summed E-state index contributed by atoms with van der Waals surface area (Å²) in [6.45, 7) is 1.53. The Morgan fingerprint density at radius 2 is 2.00 bits per heavy atom. The lowest BCUT2D eigenvalue weighted by Crippen LogP contribution is -2.27. The lowest BCUT2D eigenvalue weighted by atomic mass is 10.4. The lowest BCUT2D eigenvalue weighted by molar-refractivity contribution is -0.147. The largest absolute Gasteiger partial charge is 0.455 e. The molecule has 1 N–H and O–H groups in total. The Hall–Kier alpha value is -1.49. The number of nitrogens with one attached hydrogen (secondary N) is 1. The zero-order valence-electron chi connectivity index (χ0n) is 9.80. The first-order valence-electron chi connectivity index (χ1n) is 5.22. The summed E-state index contributed by atoms with van der Waals surface area (Å²) in [5, 5.41) is 2.05. The summed E-state index contributed by atoms with van der Waals surface area (Å²) in [6, 6.07) is 9.58. The highest BCUT2D eigenvalue weighted by atomic mass is 32.2. The number of esters is 1. The van der Waals surface area contributed by atoms with Gasteiger partial charge in [0.05, 0.1) is 0 Å². The second-order valence-corrected chi connectivity index (χ2v) is 4.77. The molecule has 1 atom stereocenters. The Balaban J connectivity index is 2.40. The van der Waals surface area contributed by atoms with Gasteiger partial charge in [-0.3, -0.25) is 9.59 Å². The van der Waals surface area contributed by atoms with Gasteiger partial charge in [-0.05, 0) is 19.1 Å². The van der Waals surface area contributed by atoms with Crippen molar-refractivity contribution >= 4 is 23.6 Å². The molecule has 92 valence electrons. The molecule has 0 unspecified atom stereocenters. The van der Waals surface area contributed by atoms with E-state index in [9.17, 15) is 9.59 Å². The van der Waals surface area contributed by atoms with Gasteiger partial charge in [0.15, 0.2) is 6.61 Å². The molecule has 1 amide bonds. The molecule has 0 spiro atoms. The van der Waals surface area contributed by atoms with E-state index in [1.807, 2.05) is 30.3 Å². The maximum Gasteiger partial charge on any atom is 0.319 e. The topological polar surface area (TPSA) is 55.4 Å². The highest BCUT2D eigenvalue weighted by molar-refractivity contribution is 8.00. The molecule has 0 aromatic heterocycles. The fraction of sp³-hybridized carbons (Fsp3) is 0.333. The monoisotopic (exact) mass is 253 g/mol. The molecule has 0 aliphatic heterocycles. The van der Waals surface area contributed by atoms with Crippen molar-refractivity contribution < 1.29 is 14.3 Å². The number of amides is 1. The van der Waals surface area contributed by atoms with E-state index in [1.165, 1.54) is 18.8 Å². The number of rotatable bonds is 5. The maximum absolute atomic E-state index is 11.5. The third-order valence-corrected chi connectivity index (χ3v) is 3.10. The Morgan fingerprint density at radius 3 is 2.59 bits per heavy atom. The Labute approximate surface area is 105 Å². The van der Waals surface area contributed by atoms with Crippen LogP contribution >= 0.6 is 11.8 Å². The third-order valence-electron chi connectivity index (χ3n) is 2.01. The third kappa shape index (κ3) is 4.91. The van der Waals surface area contributed by atoms with Crippen molar-refractivity contribution in [2.75, 3.05) is 13.7 Å². The van der Waals surface area contributed by atoms with Crippen LogP contribution < -0.4 is 5.32 Å². The van der Waals surface area contributed by atoms with Crippen LogP contribution in [0.2, 0.25) is 0 Å². The number of carbonyl (C=O) groups is 2. The highest BCUT2D eigenvalue weighted by Gasteiger charge is 2.16. The van der Waals surface area contributed by atoms with Crippen LogP contribution in [0.3, 0.4) is 0 Å². The molecule has 0 fully saturated rings. The van der Waals surface area contributed by atoms with Crippen LogP contribution in [0, 0.1) is 0 Å². The first-order valence-corrected chi connectivity index (χ1v) is 6.10. The zero-order chi connectivity index (χ0) is 12.7. The smallest absolute Gasteiger partial charge is 0.319 e. The van der Waals surface area contributed by atoms with Gasteiger partial charge in [-0.25, -0.2) is 0 Å². The van der Waals surface area contributed by atoms with E-state index in [-0.39, 0.29) is 23.7 Å². The van der Waals surface area contributed by atoms with E-state index in [0.29, 0.717) is 0 Å². The van der Waals surface area contributed by atoms with E-state index in [0.717, 1.165) is 4.90 Å². The molecule has 1 rings (SSSR count). The van der Waals surface area contributed by atoms with Crippen LogP contribution in [0.25, 0.3) is 0 Å². The van der Waals surface area contributed by atoms with Gasteiger partial charge < -0.3 is 10.1 Å². The predicted octanol–water partition coefficient (Wildman–Crippen LogP) is 1.46. The molecule has 1 aromatic rings. The maximum atomic E-state index is 11.5. The van der Waals surface area contributed by atoms with E-state index < -0.39 is 0 Å². The van der Waals surface area contributed by atoms with Gasteiger partial charge in [0, 0.05) is 11.9 Å². The number of carbonyl (C=O) groups excluding carboxylic acids is 2. The van der Waals surface area contributed by atoms with Gasteiger partial charge >= 0.3 is 5.97 Å². The molecular formula is C12H15NO3S. The minimum atomic E-state index is -0.387. The van der Waals surface area contributed by atoms with Crippen molar-refractivity contribution in [3.63, 3.8) is 0 Å². The quantitative estimate of drug-likeness (QED) is 0.637. The number of likely N-dealkylation sites (N-methyl/N-ethyl adjacent to an activating group) is 1. The summed E-state index contributed by atoms with van der Waals surface area (Å²) < 4.78 is 4.86. The van der Waals surface area contributed by atoms with Crippen LogP contribution in [0.5, 0.6) is 0 Å². The second kappa shape index (κ2) is 6.96. The van der Waals surface area contributed by atoms with E-state index >= 15 is 0 Å². The molecule has 17 heavy (non-hydrogen) atoms. The van der Waals surface area contributed by atoms with Gasteiger partial charge in [-0.15, -0.1) is 11.8 Å². The van der Waals surface area contributed by atoms with Gasteiger partial charge in [0.2, 0.25) is 0 Å². The highest BCUT2D eigenvalue weighted by Crippen LogP contribution is 2.23. The SMILES string of the molecule is CNC(=O)COC(=O)[C@@H](C)Sc1ccccc1. The molecule has 0 aliphatic carbocycles. The van der Waals surface area contributed by atoms with Crippen LogP contribution in [0.1, 0.15) is 6.92 Å². The normalized spacial score (nSPS) is 11.6. The summed E-state index contributed by atoms with van der Waals surface area (Å²) in [5.41, 5.74) is 0. The standard InChI is InChI=1S/C12H15NO3S/c1-9(12(15)16-8-11(14)13-2)17-10-6-4-3-5-7-10/h3-7,9H,8H2,1-2H3,(H,13,14)/t9-/m1/s1. The average molecular weight is 253 g/mol. The minimum absolute atomic E-state index is 0.227. The predicted molar refractivity (Wildman–Crippen MR) is 66.8 cm³/mol. The van der Waals surface area contributed by atoms with Gasteiger partial charge in [-0.1, -0.05) is 18.2 Å². The first kappa shape index (κ1) is 13.6. The van der Waals surface area contributed by atoms with E-state index in [1.54, 1.807) is 6.92 Å². The number of hydrogen-bond acceptors (Lipinski definition) is 4. The van der Waals surface area contributed by atoms with Gasteiger partial charge in [0.1, 0.15) is 5.25 Å². The Bertz CT molecular complexity index is 381. The number of benzene rings is 1. The van der Waals surface area contributed by atoms with Crippen molar-refractivity contribution in [3.8, 4) is 0 Å². The molecule has 0 aliphatic rings. The fourth-order valence-corrected chi connectivity index (χ4v) is 1.96. The van der Waals surface area contributed by atoms with Crippen LogP contribution in [0.15, 0.2) is 35.2 Å². The average Bonchev–Trinajstić information content (AvgIpc) is 2.36. The van der Waals surface area contributed by atoms with Crippen molar-refractivity contribution in [1.29, 1.82) is 0 Å². The van der Waals surface area contributed by atoms with Crippen molar-refractivity contribution in [1.82, 2.24) is 5.32 Å². The molecular weight excluding hydrogens is 238 g/mol. The van der Waals surface area contributed by atoms with Crippen LogP contribution in [-0.4, -0.2) is 30.8 Å². The number of ether oxygens (including phenoxy) is 1. The summed E-state index contributed by atoms with van der Waals surface area (Å²) in [4.78, 5) is 23.4. The molecule has 0 saturated carbocycles. The fourth-order valence-electron chi connectivity index (χ4n) is 1.08. The summed E-state index contributed by atoms with van der Waals surface area (Å²) in [6.07, 6.45) is 0. The lowest BCUT2D eigenvalue weighted by Gasteiger charge is -2.10. The Morgan fingerprint density at radius 1 is 1.35 bits per heavy atom. The summed E-state index contributed by atoms with van der Waals surface area (Å²) in [7, 11) is 1.50. The number of thioether (sulfide) groups is 1. The van der Waals surface area contributed by atoms with Crippen LogP contribution in [0.4, 0.5) is 0 Å². The Kier molecular flexibility index (Phi) is 5.56. The second-order valence-electron chi connectivity index (χ2n) is 3.35. The summed E-state index contributed by atoms with van der Waals surface area (Å²) in [5.74, 6) is -0.697. The first-order chi connectivity index (χ1) is 8.13. The van der Waals surface area contributed by atoms with Crippen LogP contribution in [-0.2, 0) is 14.3 Å². The molecule has 0 saturated heterocycles. The van der Waals surface area contributed by atoms with E-state index in [2.05, 4.69) is 5.32 Å². The minimum Gasteiger partial charge on any atom is -0.455 e. The summed E-state index contributed by atoms with van der Waals surface area (Å²) >= 11 is 1.40. The molecule has 0 radical (unpaired) electrons. The molecule has 5 heteroatoms. The zero-order valence-corrected chi connectivity index (χ0v) is 10.6. The molecule has 0 heterocycles. The number of hydrogen-bond donors (Lipinski definition) is 1. The molecule has 0 bridgehead atoms.